The van der Waals surface area contributed by atoms with Crippen molar-refractivity contribution in [3.05, 3.63) is 12.2 Å². The summed E-state index contributed by atoms with van der Waals surface area (Å²) in [7, 11) is 0. The van der Waals surface area contributed by atoms with Crippen LogP contribution in [0.5, 0.6) is 0 Å². The summed E-state index contributed by atoms with van der Waals surface area (Å²) in [4.78, 5) is 0. The van der Waals surface area contributed by atoms with Gasteiger partial charge in [0.1, 0.15) is 0 Å². The lowest BCUT2D eigenvalue weighted by Crippen LogP contribution is -2.24. The third-order valence-electron chi connectivity index (χ3n) is 4.63. The summed E-state index contributed by atoms with van der Waals surface area (Å²) in [5.74, 6) is -0.982. The molecular weight excluding hydrogens is 230 g/mol. The van der Waals surface area contributed by atoms with Gasteiger partial charge in [0, 0.05) is 12.8 Å². The van der Waals surface area contributed by atoms with Crippen molar-refractivity contribution in [2.24, 2.45) is 11.8 Å². The Morgan fingerprint density at radius 1 is 1.00 bits per heavy atom. The van der Waals surface area contributed by atoms with Crippen LogP contribution in [-0.2, 0) is 0 Å². The quantitative estimate of drug-likeness (QED) is 0.435. The smallest absolute Gasteiger partial charge is 0.207 e. The molecule has 2 aliphatic carbocycles. The molecule has 1 unspecified atom stereocenters. The van der Waals surface area contributed by atoms with Gasteiger partial charge >= 0.3 is 0 Å². The third kappa shape index (κ3) is 4.70. The molecule has 0 spiro atoms. The van der Waals surface area contributed by atoms with E-state index in [-0.39, 0.29) is 12.8 Å². The molecule has 0 radical (unpaired) electrons. The highest BCUT2D eigenvalue weighted by atomic mass is 19.3. The standard InChI is InChI=1S/C16H26F2/c17-16(18)12-10-15(11-13-16)9-5-4-8-14-6-2-1-3-7-14/h2,6,14-15H,1,3-5,7-13H2. The van der Waals surface area contributed by atoms with Crippen LogP contribution in [0.15, 0.2) is 12.2 Å². The van der Waals surface area contributed by atoms with E-state index in [1.165, 1.54) is 44.9 Å². The van der Waals surface area contributed by atoms with E-state index in [1.807, 2.05) is 0 Å². The van der Waals surface area contributed by atoms with Crippen LogP contribution in [0.25, 0.3) is 0 Å². The number of hydrogen-bond donors (Lipinski definition) is 0. The van der Waals surface area contributed by atoms with Gasteiger partial charge in [0.15, 0.2) is 0 Å². The van der Waals surface area contributed by atoms with Crippen LogP contribution in [0.4, 0.5) is 8.78 Å². The van der Waals surface area contributed by atoms with Crippen molar-refractivity contribution in [2.75, 3.05) is 0 Å². The van der Waals surface area contributed by atoms with Gasteiger partial charge in [-0.25, -0.2) is 8.78 Å². The maximum absolute atomic E-state index is 13.0. The van der Waals surface area contributed by atoms with Crippen LogP contribution in [0, 0.1) is 11.8 Å². The second kappa shape index (κ2) is 6.68. The first-order chi connectivity index (χ1) is 8.66. The second-order valence-corrected chi connectivity index (χ2v) is 6.20. The van der Waals surface area contributed by atoms with Gasteiger partial charge in [-0.3, -0.25) is 0 Å². The SMILES string of the molecule is FC1(F)CCC(CCCCC2C=CCCC2)CC1. The highest BCUT2D eigenvalue weighted by molar-refractivity contribution is 4.92. The van der Waals surface area contributed by atoms with E-state index >= 15 is 0 Å². The van der Waals surface area contributed by atoms with E-state index in [1.54, 1.807) is 0 Å². The monoisotopic (exact) mass is 256 g/mol. The predicted octanol–water partition coefficient (Wildman–Crippen LogP) is 5.73. The molecular formula is C16H26F2. The summed E-state index contributed by atoms with van der Waals surface area (Å²) in [5, 5.41) is 0. The van der Waals surface area contributed by atoms with Crippen molar-refractivity contribution in [3.8, 4) is 0 Å². The number of hydrogen-bond acceptors (Lipinski definition) is 0. The number of unbranched alkanes of at least 4 members (excludes halogenated alkanes) is 1. The molecule has 0 amide bonds. The van der Waals surface area contributed by atoms with E-state index in [9.17, 15) is 8.78 Å². The van der Waals surface area contributed by atoms with E-state index in [0.717, 1.165) is 18.8 Å². The van der Waals surface area contributed by atoms with Crippen molar-refractivity contribution < 1.29 is 8.78 Å². The molecule has 0 saturated heterocycles. The number of rotatable bonds is 5. The zero-order valence-electron chi connectivity index (χ0n) is 11.3. The molecule has 1 fully saturated rings. The second-order valence-electron chi connectivity index (χ2n) is 6.20. The Hall–Kier alpha value is -0.400. The molecule has 0 aromatic carbocycles. The lowest BCUT2D eigenvalue weighted by Gasteiger charge is -2.28. The Balaban J connectivity index is 1.53. The molecule has 2 rings (SSSR count). The van der Waals surface area contributed by atoms with Gasteiger partial charge in [-0.1, -0.05) is 31.4 Å². The maximum Gasteiger partial charge on any atom is 0.248 e. The van der Waals surface area contributed by atoms with Gasteiger partial charge in [0.05, 0.1) is 0 Å². The summed E-state index contributed by atoms with van der Waals surface area (Å²) in [5.41, 5.74) is 0. The fourth-order valence-electron chi connectivity index (χ4n) is 3.35. The van der Waals surface area contributed by atoms with Crippen LogP contribution in [0.3, 0.4) is 0 Å². The fourth-order valence-corrected chi connectivity index (χ4v) is 3.35. The summed E-state index contributed by atoms with van der Waals surface area (Å²) in [6, 6.07) is 0. The highest BCUT2D eigenvalue weighted by Gasteiger charge is 2.34. The molecule has 2 aliphatic rings. The molecule has 0 aliphatic heterocycles. The lowest BCUT2D eigenvalue weighted by molar-refractivity contribution is -0.0467. The first kappa shape index (κ1) is 14.0. The minimum absolute atomic E-state index is 0.128. The molecule has 18 heavy (non-hydrogen) atoms. The Morgan fingerprint density at radius 3 is 2.39 bits per heavy atom. The van der Waals surface area contributed by atoms with Gasteiger partial charge in [-0.2, -0.15) is 0 Å². The first-order valence-electron chi connectivity index (χ1n) is 7.70. The minimum atomic E-state index is -2.36. The molecule has 2 heteroatoms. The summed E-state index contributed by atoms with van der Waals surface area (Å²) in [6.45, 7) is 0. The van der Waals surface area contributed by atoms with Crippen molar-refractivity contribution in [1.29, 1.82) is 0 Å². The minimum Gasteiger partial charge on any atom is -0.207 e. The average Bonchev–Trinajstić information content (AvgIpc) is 2.37. The van der Waals surface area contributed by atoms with Crippen molar-refractivity contribution >= 4 is 0 Å². The van der Waals surface area contributed by atoms with Crippen LogP contribution in [-0.4, -0.2) is 5.92 Å². The Bertz CT molecular complexity index is 260. The molecule has 0 nitrogen and oxygen atoms in total. The largest absolute Gasteiger partial charge is 0.248 e. The predicted molar refractivity (Wildman–Crippen MR) is 71.9 cm³/mol. The average molecular weight is 256 g/mol. The Morgan fingerprint density at radius 2 is 1.72 bits per heavy atom. The van der Waals surface area contributed by atoms with E-state index < -0.39 is 5.92 Å². The van der Waals surface area contributed by atoms with Crippen LogP contribution >= 0.6 is 0 Å². The molecule has 0 N–H and O–H groups in total. The van der Waals surface area contributed by atoms with E-state index in [0.29, 0.717) is 5.92 Å². The van der Waals surface area contributed by atoms with Crippen molar-refractivity contribution in [3.63, 3.8) is 0 Å². The molecule has 1 atom stereocenters. The summed E-state index contributed by atoms with van der Waals surface area (Å²) < 4.78 is 26.0. The zero-order chi connectivity index (χ0) is 12.8. The molecule has 0 bridgehead atoms. The molecule has 0 aromatic heterocycles. The highest BCUT2D eigenvalue weighted by Crippen LogP contribution is 2.38. The molecule has 0 heterocycles. The van der Waals surface area contributed by atoms with Gasteiger partial charge in [0.2, 0.25) is 5.92 Å². The number of allylic oxidation sites excluding steroid dienone is 2. The van der Waals surface area contributed by atoms with Crippen LogP contribution < -0.4 is 0 Å². The number of alkyl halides is 2. The molecule has 104 valence electrons. The van der Waals surface area contributed by atoms with Crippen LogP contribution in [0.2, 0.25) is 0 Å². The van der Waals surface area contributed by atoms with Gasteiger partial charge in [-0.05, 0) is 50.4 Å². The maximum atomic E-state index is 13.0. The van der Waals surface area contributed by atoms with Gasteiger partial charge < -0.3 is 0 Å². The Kier molecular flexibility index (Phi) is 5.20. The molecule has 1 saturated carbocycles. The van der Waals surface area contributed by atoms with Gasteiger partial charge in [0.25, 0.3) is 0 Å². The lowest BCUT2D eigenvalue weighted by atomic mass is 9.83. The number of halogens is 2. The van der Waals surface area contributed by atoms with E-state index in [2.05, 4.69) is 12.2 Å². The van der Waals surface area contributed by atoms with E-state index in [4.69, 9.17) is 0 Å². The summed E-state index contributed by atoms with van der Waals surface area (Å²) in [6.07, 6.45) is 15.4. The first-order valence-corrected chi connectivity index (χ1v) is 7.70. The van der Waals surface area contributed by atoms with Gasteiger partial charge in [-0.15, -0.1) is 0 Å². The van der Waals surface area contributed by atoms with Crippen molar-refractivity contribution in [2.45, 2.75) is 76.6 Å². The zero-order valence-corrected chi connectivity index (χ0v) is 11.3. The Labute approximate surface area is 110 Å². The summed E-state index contributed by atoms with van der Waals surface area (Å²) >= 11 is 0. The topological polar surface area (TPSA) is 0 Å². The van der Waals surface area contributed by atoms with Crippen molar-refractivity contribution in [1.82, 2.24) is 0 Å². The normalized spacial score (nSPS) is 28.4. The van der Waals surface area contributed by atoms with Crippen LogP contribution in [0.1, 0.15) is 70.6 Å². The fraction of sp³-hybridized carbons (Fsp3) is 0.875. The third-order valence-corrected chi connectivity index (χ3v) is 4.63. The molecule has 0 aromatic rings.